The van der Waals surface area contributed by atoms with Crippen molar-refractivity contribution in [3.05, 3.63) is 51.5 Å². The molecule has 0 unspecified atom stereocenters. The van der Waals surface area contributed by atoms with Crippen molar-refractivity contribution in [3.63, 3.8) is 0 Å². The van der Waals surface area contributed by atoms with Gasteiger partial charge in [0, 0.05) is 4.47 Å². The van der Waals surface area contributed by atoms with Gasteiger partial charge in [0.1, 0.15) is 11.5 Å². The Kier molecular flexibility index (Phi) is 4.41. The van der Waals surface area contributed by atoms with Gasteiger partial charge in [-0.15, -0.1) is 0 Å². The molecule has 6 heteroatoms. The molecule has 0 bridgehead atoms. The van der Waals surface area contributed by atoms with E-state index in [1.807, 2.05) is 26.0 Å². The van der Waals surface area contributed by atoms with Crippen LogP contribution in [0.4, 0.5) is 0 Å². The highest BCUT2D eigenvalue weighted by Gasteiger charge is 2.12. The highest BCUT2D eigenvalue weighted by molar-refractivity contribution is 9.10. The molecule has 112 valence electrons. The van der Waals surface area contributed by atoms with Gasteiger partial charge in [0.2, 0.25) is 10.0 Å². The van der Waals surface area contributed by atoms with Gasteiger partial charge in [-0.1, -0.05) is 15.9 Å². The quantitative estimate of drug-likeness (QED) is 0.893. The van der Waals surface area contributed by atoms with E-state index in [1.165, 1.54) is 6.07 Å². The monoisotopic (exact) mass is 369 g/mol. The fourth-order valence-electron chi connectivity index (χ4n) is 2.11. The predicted octanol–water partition coefficient (Wildman–Crippen LogP) is 3.81. The van der Waals surface area contributed by atoms with Crippen molar-refractivity contribution in [3.8, 4) is 11.5 Å². The smallest absolute Gasteiger partial charge is 0.238 e. The lowest BCUT2D eigenvalue weighted by molar-refractivity contribution is 0.480. The molecular formula is C15H16BrNO3S. The van der Waals surface area contributed by atoms with E-state index < -0.39 is 10.0 Å². The Balaban J connectivity index is 2.35. The SMILES string of the molecule is Cc1cc(Oc2cc(C)c(Br)c(C)c2)ccc1S(N)(=O)=O. The van der Waals surface area contributed by atoms with Crippen LogP contribution in [0.15, 0.2) is 39.7 Å². The summed E-state index contributed by atoms with van der Waals surface area (Å²) in [4.78, 5) is 0.109. The summed E-state index contributed by atoms with van der Waals surface area (Å²) in [5.74, 6) is 1.27. The first kappa shape index (κ1) is 16.0. The third-order valence-corrected chi connectivity index (χ3v) is 5.42. The minimum absolute atomic E-state index is 0.109. The first-order chi connectivity index (χ1) is 9.68. The molecule has 0 heterocycles. The highest BCUT2D eigenvalue weighted by Crippen LogP contribution is 2.30. The molecule has 2 N–H and O–H groups in total. The Labute approximate surface area is 133 Å². The lowest BCUT2D eigenvalue weighted by Gasteiger charge is -2.11. The molecule has 2 aromatic rings. The Morgan fingerprint density at radius 3 is 1.95 bits per heavy atom. The molecule has 2 aromatic carbocycles. The number of rotatable bonds is 3. The average Bonchev–Trinajstić information content (AvgIpc) is 2.34. The zero-order valence-electron chi connectivity index (χ0n) is 12.0. The van der Waals surface area contributed by atoms with Crippen molar-refractivity contribution in [2.75, 3.05) is 0 Å². The van der Waals surface area contributed by atoms with Crippen LogP contribution in [0.3, 0.4) is 0 Å². The summed E-state index contributed by atoms with van der Waals surface area (Å²) in [7, 11) is -3.70. The van der Waals surface area contributed by atoms with Crippen LogP contribution in [0.1, 0.15) is 16.7 Å². The number of primary sulfonamides is 1. The summed E-state index contributed by atoms with van der Waals surface area (Å²) < 4.78 is 29.6. The lowest BCUT2D eigenvalue weighted by Crippen LogP contribution is -2.13. The van der Waals surface area contributed by atoms with Gasteiger partial charge in [-0.05, 0) is 67.8 Å². The number of benzene rings is 2. The van der Waals surface area contributed by atoms with Crippen molar-refractivity contribution in [2.24, 2.45) is 5.14 Å². The molecule has 0 saturated carbocycles. The van der Waals surface area contributed by atoms with E-state index in [9.17, 15) is 8.42 Å². The maximum absolute atomic E-state index is 11.4. The molecule has 0 fully saturated rings. The molecule has 0 saturated heterocycles. The first-order valence-electron chi connectivity index (χ1n) is 6.26. The van der Waals surface area contributed by atoms with Crippen LogP contribution in [-0.4, -0.2) is 8.42 Å². The number of aryl methyl sites for hydroxylation is 3. The molecular weight excluding hydrogens is 354 g/mol. The molecule has 21 heavy (non-hydrogen) atoms. The van der Waals surface area contributed by atoms with E-state index in [4.69, 9.17) is 9.88 Å². The third-order valence-electron chi connectivity index (χ3n) is 3.10. The Bertz CT molecular complexity index is 778. The molecule has 0 aliphatic carbocycles. The summed E-state index contributed by atoms with van der Waals surface area (Å²) in [6.07, 6.45) is 0. The van der Waals surface area contributed by atoms with E-state index >= 15 is 0 Å². The molecule has 0 amide bonds. The number of nitrogens with two attached hydrogens (primary N) is 1. The standard InChI is InChI=1S/C15H16BrNO3S/c1-9-6-12(4-5-14(9)21(17,18)19)20-13-7-10(2)15(16)11(3)8-13/h4-8H,1-3H3,(H2,17,18,19). The summed E-state index contributed by atoms with van der Waals surface area (Å²) >= 11 is 3.51. The normalized spacial score (nSPS) is 11.5. The van der Waals surface area contributed by atoms with Crippen molar-refractivity contribution in [1.82, 2.24) is 0 Å². The van der Waals surface area contributed by atoms with Gasteiger partial charge in [-0.25, -0.2) is 13.6 Å². The topological polar surface area (TPSA) is 69.4 Å². The fourth-order valence-corrected chi connectivity index (χ4v) is 3.10. The number of halogens is 1. The van der Waals surface area contributed by atoms with Gasteiger partial charge in [0.25, 0.3) is 0 Å². The Morgan fingerprint density at radius 1 is 0.952 bits per heavy atom. The van der Waals surface area contributed by atoms with Crippen LogP contribution in [0.5, 0.6) is 11.5 Å². The first-order valence-corrected chi connectivity index (χ1v) is 8.60. The second-order valence-electron chi connectivity index (χ2n) is 4.95. The zero-order chi connectivity index (χ0) is 15.8. The summed E-state index contributed by atoms with van der Waals surface area (Å²) in [5.41, 5.74) is 2.70. The van der Waals surface area contributed by atoms with E-state index in [0.29, 0.717) is 17.1 Å². The fraction of sp³-hybridized carbons (Fsp3) is 0.200. The van der Waals surface area contributed by atoms with Crippen molar-refractivity contribution in [2.45, 2.75) is 25.7 Å². The van der Waals surface area contributed by atoms with Gasteiger partial charge in [0.15, 0.2) is 0 Å². The number of ether oxygens (including phenoxy) is 1. The maximum Gasteiger partial charge on any atom is 0.238 e. The molecule has 0 aliphatic heterocycles. The van der Waals surface area contributed by atoms with Gasteiger partial charge < -0.3 is 4.74 Å². The van der Waals surface area contributed by atoms with Crippen LogP contribution >= 0.6 is 15.9 Å². The van der Waals surface area contributed by atoms with E-state index in [-0.39, 0.29) is 4.90 Å². The van der Waals surface area contributed by atoms with Crippen LogP contribution < -0.4 is 9.88 Å². The minimum atomic E-state index is -3.70. The largest absolute Gasteiger partial charge is 0.457 e. The lowest BCUT2D eigenvalue weighted by atomic mass is 10.1. The van der Waals surface area contributed by atoms with Gasteiger partial charge >= 0.3 is 0 Å². The molecule has 0 radical (unpaired) electrons. The van der Waals surface area contributed by atoms with Gasteiger partial charge in [-0.3, -0.25) is 0 Å². The highest BCUT2D eigenvalue weighted by atomic mass is 79.9. The molecule has 0 aromatic heterocycles. The van der Waals surface area contributed by atoms with Crippen molar-refractivity contribution in [1.29, 1.82) is 0 Å². The minimum Gasteiger partial charge on any atom is -0.457 e. The molecule has 0 spiro atoms. The van der Waals surface area contributed by atoms with Crippen molar-refractivity contribution >= 4 is 26.0 Å². The number of hydrogen-bond donors (Lipinski definition) is 1. The average molecular weight is 370 g/mol. The van der Waals surface area contributed by atoms with Crippen LogP contribution in [0, 0.1) is 20.8 Å². The summed E-state index contributed by atoms with van der Waals surface area (Å²) in [6, 6.07) is 8.55. The van der Waals surface area contributed by atoms with Gasteiger partial charge in [0.05, 0.1) is 4.90 Å². The summed E-state index contributed by atoms with van der Waals surface area (Å²) in [6.45, 7) is 5.66. The summed E-state index contributed by atoms with van der Waals surface area (Å²) in [5, 5.41) is 5.14. The van der Waals surface area contributed by atoms with Gasteiger partial charge in [-0.2, -0.15) is 0 Å². The van der Waals surface area contributed by atoms with Crippen LogP contribution in [0.2, 0.25) is 0 Å². The zero-order valence-corrected chi connectivity index (χ0v) is 14.4. The Hall–Kier alpha value is -1.37. The molecule has 4 nitrogen and oxygen atoms in total. The van der Waals surface area contributed by atoms with Crippen molar-refractivity contribution < 1.29 is 13.2 Å². The second kappa shape index (κ2) is 5.79. The van der Waals surface area contributed by atoms with Crippen LogP contribution in [0.25, 0.3) is 0 Å². The predicted molar refractivity (Wildman–Crippen MR) is 86.2 cm³/mol. The van der Waals surface area contributed by atoms with Crippen LogP contribution in [-0.2, 0) is 10.0 Å². The molecule has 0 atom stereocenters. The van der Waals surface area contributed by atoms with E-state index in [0.717, 1.165) is 15.6 Å². The number of hydrogen-bond acceptors (Lipinski definition) is 3. The third kappa shape index (κ3) is 3.64. The maximum atomic E-state index is 11.4. The van der Waals surface area contributed by atoms with E-state index in [2.05, 4.69) is 15.9 Å². The molecule has 2 rings (SSSR count). The number of sulfonamides is 1. The Morgan fingerprint density at radius 2 is 1.48 bits per heavy atom. The second-order valence-corrected chi connectivity index (χ2v) is 7.27. The van der Waals surface area contributed by atoms with E-state index in [1.54, 1.807) is 19.1 Å². The molecule has 0 aliphatic rings.